The second-order valence-electron chi connectivity index (χ2n) is 24.7. The molecule has 20 heteroatoms. The minimum Gasteiger partial charge on any atom is -0.309 e. The molecule has 3 heterocycles. The summed E-state index contributed by atoms with van der Waals surface area (Å²) in [5.41, 5.74) is 5.09. The van der Waals surface area contributed by atoms with Gasteiger partial charge in [0.15, 0.2) is 17.5 Å². The van der Waals surface area contributed by atoms with Crippen molar-refractivity contribution in [3.63, 3.8) is 0 Å². The fourth-order valence-corrected chi connectivity index (χ4v) is 14.1. The molecule has 17 nitrogen and oxygen atoms in total. The summed E-state index contributed by atoms with van der Waals surface area (Å²) in [5.74, 6) is 0.459. The third-order valence-electron chi connectivity index (χ3n) is 18.8. The number of benzene rings is 12. The maximum Gasteiger partial charge on any atom is 0.416 e. The quantitative estimate of drug-likeness (QED) is 0.123. The van der Waals surface area contributed by atoms with E-state index in [0.29, 0.717) is 82.7 Å². The van der Waals surface area contributed by atoms with E-state index in [1.165, 1.54) is 54.6 Å². The van der Waals surface area contributed by atoms with Gasteiger partial charge in [0.05, 0.1) is 173 Å². The maximum absolute atomic E-state index is 16.1. The molecule has 0 atom stereocenters. The predicted octanol–water partition coefficient (Wildman–Crippen LogP) is 18.9. The van der Waals surface area contributed by atoms with E-state index in [1.807, 2.05) is 41.0 Å². The Morgan fingerprint density at radius 2 is 0.574 bits per heavy atom. The lowest BCUT2D eigenvalue weighted by molar-refractivity contribution is -0.137. The predicted molar refractivity (Wildman–Crippen MR) is 394 cm³/mol. The van der Waals surface area contributed by atoms with Gasteiger partial charge in [-0.2, -0.15) is 76.3 Å². The monoisotopic (exact) mass is 1390 g/mol. The second kappa shape index (κ2) is 26.8. The van der Waals surface area contributed by atoms with Gasteiger partial charge < -0.3 is 9.13 Å². The summed E-state index contributed by atoms with van der Waals surface area (Å²) < 4.78 is 51.8. The van der Waals surface area contributed by atoms with Gasteiger partial charge in [-0.05, 0) is 161 Å². The summed E-state index contributed by atoms with van der Waals surface area (Å²) in [7, 11) is 0. The molecule has 12 aromatic carbocycles. The average molecular weight is 1390 g/mol. The van der Waals surface area contributed by atoms with Crippen LogP contribution in [0.2, 0.25) is 0 Å². The van der Waals surface area contributed by atoms with E-state index >= 15 is 13.2 Å². The molecule has 0 aliphatic carbocycles. The normalized spacial score (nSPS) is 10.8. The van der Waals surface area contributed by atoms with Crippen LogP contribution in [0.5, 0.6) is 0 Å². The van der Waals surface area contributed by atoms with Crippen molar-refractivity contribution < 1.29 is 13.2 Å². The van der Waals surface area contributed by atoms with Crippen molar-refractivity contribution in [1.29, 1.82) is 63.1 Å². The lowest BCUT2D eigenvalue weighted by atomic mass is 9.91. The topological polar surface area (TPSA) is 334 Å². The summed E-state index contributed by atoms with van der Waals surface area (Å²) in [6, 6.07) is 83.0. The van der Waals surface area contributed by atoms with Crippen LogP contribution in [0, 0.1) is 136 Å². The third kappa shape index (κ3) is 11.3. The number of nitriles is 12. The van der Waals surface area contributed by atoms with Crippen LogP contribution in [-0.4, -0.2) is 24.1 Å². The van der Waals surface area contributed by atoms with Gasteiger partial charge in [-0.1, -0.05) is 84.9 Å². The number of aromatic nitrogens is 5. The second-order valence-corrected chi connectivity index (χ2v) is 24.7. The maximum atomic E-state index is 16.1. The lowest BCUT2D eigenvalue weighted by Gasteiger charge is -2.20. The van der Waals surface area contributed by atoms with E-state index in [-0.39, 0.29) is 129 Å². The molecule has 0 saturated carbocycles. The van der Waals surface area contributed by atoms with E-state index < -0.39 is 11.7 Å². The molecule has 0 N–H and O–H groups in total. The van der Waals surface area contributed by atoms with Gasteiger partial charge in [-0.15, -0.1) is 0 Å². The molecule has 0 unspecified atom stereocenters. The zero-order valence-corrected chi connectivity index (χ0v) is 55.5. The number of halogens is 3. The van der Waals surface area contributed by atoms with Gasteiger partial charge in [0.2, 0.25) is 0 Å². The molecular formula is C88H36F3N17. The van der Waals surface area contributed by atoms with Gasteiger partial charge in [-0.3, -0.25) is 0 Å². The van der Waals surface area contributed by atoms with Gasteiger partial charge in [0.25, 0.3) is 0 Å². The average Bonchev–Trinajstić information content (AvgIpc) is 1.55. The number of nitrogens with zero attached hydrogens (tertiary/aromatic N) is 17. The van der Waals surface area contributed by atoms with Crippen LogP contribution >= 0.6 is 0 Å². The fraction of sp³-hybridized carbons (Fsp3) is 0.0114. The van der Waals surface area contributed by atoms with Crippen molar-refractivity contribution >= 4 is 43.6 Å². The van der Waals surface area contributed by atoms with Crippen molar-refractivity contribution in [3.05, 3.63) is 291 Å². The highest BCUT2D eigenvalue weighted by atomic mass is 19.4. The molecule has 0 bridgehead atoms. The molecule has 15 rings (SSSR count). The van der Waals surface area contributed by atoms with Crippen molar-refractivity contribution in [1.82, 2.24) is 24.1 Å². The van der Waals surface area contributed by atoms with E-state index in [0.717, 1.165) is 12.1 Å². The van der Waals surface area contributed by atoms with Gasteiger partial charge in [0, 0.05) is 71.7 Å². The number of hydrogen-bond acceptors (Lipinski definition) is 15. The third-order valence-corrected chi connectivity index (χ3v) is 18.8. The molecule has 0 fully saturated rings. The Bertz CT molecular complexity index is 6580. The Balaban J connectivity index is 1.08. The Labute approximate surface area is 611 Å². The van der Waals surface area contributed by atoms with Crippen LogP contribution in [0.4, 0.5) is 13.2 Å². The first-order valence-corrected chi connectivity index (χ1v) is 32.6. The Hall–Kier alpha value is -17.1. The molecule has 0 amide bonds. The Morgan fingerprint density at radius 3 is 0.880 bits per heavy atom. The molecular weight excluding hydrogens is 1350 g/mol. The zero-order valence-electron chi connectivity index (χ0n) is 55.5. The highest BCUT2D eigenvalue weighted by Crippen LogP contribution is 2.48. The van der Waals surface area contributed by atoms with Crippen LogP contribution in [0.3, 0.4) is 0 Å². The molecule has 0 spiro atoms. The van der Waals surface area contributed by atoms with E-state index in [2.05, 4.69) is 48.6 Å². The first kappa shape index (κ1) is 66.8. The number of fused-ring (bicyclic) bond motifs is 6. The van der Waals surface area contributed by atoms with Crippen LogP contribution in [0.25, 0.3) is 145 Å². The first-order valence-electron chi connectivity index (χ1n) is 32.6. The molecule has 3 aromatic heterocycles. The zero-order chi connectivity index (χ0) is 75.2. The molecule has 0 aliphatic heterocycles. The van der Waals surface area contributed by atoms with E-state index in [1.54, 1.807) is 144 Å². The molecule has 0 aliphatic rings. The molecule has 0 saturated heterocycles. The first-order chi connectivity index (χ1) is 52.6. The van der Waals surface area contributed by atoms with Crippen LogP contribution in [0.1, 0.15) is 72.3 Å². The minimum atomic E-state index is -4.99. The summed E-state index contributed by atoms with van der Waals surface area (Å²) in [6.45, 7) is 0. The fourth-order valence-electron chi connectivity index (χ4n) is 14.1. The molecule has 15 aromatic rings. The lowest BCUT2D eigenvalue weighted by Crippen LogP contribution is -2.08. The summed E-state index contributed by atoms with van der Waals surface area (Å²) >= 11 is 0. The van der Waals surface area contributed by atoms with Crippen molar-refractivity contribution in [3.8, 4) is 174 Å². The summed E-state index contributed by atoms with van der Waals surface area (Å²) in [5, 5.41) is 127. The SMILES string of the molecule is N#Cc1cc(C#N)c(-c2ccc3c(c2)c2cc(-c4c(C#N)cc(C#N)cc4C#N)ccc2n3-c2ccc(-c3nc(-c4ccccc4)nc(-c4ccccc4)n3)c(-c3cc(C(F)(F)F)ccc3-n3c4ccc(-c5c(C#N)cc(C#N)cc5C#N)cc4c4cc(-c5c(C#N)cc(C#N)cc5C#N)ccc43)c2)c(C#N)c1. The number of hydrogen-bond donors (Lipinski definition) is 0. The summed E-state index contributed by atoms with van der Waals surface area (Å²) in [4.78, 5) is 15.2. The van der Waals surface area contributed by atoms with Gasteiger partial charge >= 0.3 is 6.18 Å². The van der Waals surface area contributed by atoms with Crippen LogP contribution in [-0.2, 0) is 6.18 Å². The smallest absolute Gasteiger partial charge is 0.309 e. The minimum absolute atomic E-state index is 0.00447. The van der Waals surface area contributed by atoms with E-state index in [9.17, 15) is 63.1 Å². The number of rotatable bonds is 10. The molecule has 494 valence electrons. The highest BCUT2D eigenvalue weighted by Gasteiger charge is 2.34. The van der Waals surface area contributed by atoms with Crippen molar-refractivity contribution in [2.45, 2.75) is 6.18 Å². The Kier molecular flexibility index (Phi) is 16.6. The van der Waals surface area contributed by atoms with Crippen molar-refractivity contribution in [2.75, 3.05) is 0 Å². The molecule has 108 heavy (non-hydrogen) atoms. The largest absolute Gasteiger partial charge is 0.416 e. The molecule has 0 radical (unpaired) electrons. The standard InChI is InChI=1S/C88H36F3N17/c89-88(90,91)67-15-22-80(108-78-20-13-57(83-63(45-100)27-51(39-94)28-64(83)46-101)33-73(78)74-34-58(14-21-79(74)108)84-65(47-102)29-52(40-95)30-66(84)48-103)75(35-67)70-36-68(16-17-69(70)87-105-85(53-7-3-1-4-8-53)104-86(106-87)54-9-5-2-6-10-54)107-76-18-11-55(81-59(41-96)23-49(37-92)24-60(81)42-97)31-71(76)72-32-56(12-19-77(72)107)82-61(43-98)25-50(38-93)26-62(82)44-99/h1-36H. The van der Waals surface area contributed by atoms with Crippen LogP contribution < -0.4 is 0 Å². The van der Waals surface area contributed by atoms with Gasteiger partial charge in [-0.25, -0.2) is 15.0 Å². The summed E-state index contributed by atoms with van der Waals surface area (Å²) in [6.07, 6.45) is -4.99. The Morgan fingerprint density at radius 1 is 0.259 bits per heavy atom. The number of alkyl halides is 3. The van der Waals surface area contributed by atoms with Crippen molar-refractivity contribution in [2.24, 2.45) is 0 Å². The van der Waals surface area contributed by atoms with Gasteiger partial charge in [0.1, 0.15) is 0 Å². The highest BCUT2D eigenvalue weighted by molar-refractivity contribution is 6.14. The van der Waals surface area contributed by atoms with Crippen LogP contribution in [0.15, 0.2) is 218 Å². The van der Waals surface area contributed by atoms with E-state index in [4.69, 9.17) is 15.0 Å².